The van der Waals surface area contributed by atoms with Crippen LogP contribution in [0.25, 0.3) is 0 Å². The number of aromatic hydroxyl groups is 1. The van der Waals surface area contributed by atoms with Gasteiger partial charge in [-0.1, -0.05) is 32.0 Å². The largest absolute Gasteiger partial charge is 0.508 e. The fourth-order valence-electron chi connectivity index (χ4n) is 5.59. The summed E-state index contributed by atoms with van der Waals surface area (Å²) in [5, 5.41) is 13.7. The van der Waals surface area contributed by atoms with E-state index >= 15 is 0 Å². The molecule has 6 heteroatoms. The monoisotopic (exact) mass is 532 g/mol. The number of likely N-dealkylation sites (N-methyl/N-ethyl adjacent to an activating group) is 1. The summed E-state index contributed by atoms with van der Waals surface area (Å²) in [4.78, 5) is 2.36. The van der Waals surface area contributed by atoms with Gasteiger partial charge in [0, 0.05) is 24.3 Å². The Morgan fingerprint density at radius 1 is 0.949 bits per heavy atom. The van der Waals surface area contributed by atoms with E-state index in [-0.39, 0.29) is 6.04 Å². The van der Waals surface area contributed by atoms with Crippen LogP contribution >= 0.6 is 0 Å². The molecule has 1 aliphatic rings. The second-order valence-electron chi connectivity index (χ2n) is 10.5. The second kappa shape index (κ2) is 13.6. The van der Waals surface area contributed by atoms with Crippen molar-refractivity contribution >= 4 is 5.69 Å². The smallest absolute Gasteiger partial charge is 0.162 e. The lowest BCUT2D eigenvalue weighted by Gasteiger charge is -2.29. The SMILES string of the molecule is CCN(CC)CCOc1ccc(CC(C)Nc2cc(OC)c(OC)cc2C2CCc3cc(O)ccc3C2)cc1. The molecule has 0 fully saturated rings. The van der Waals surface area contributed by atoms with Gasteiger partial charge >= 0.3 is 0 Å². The Morgan fingerprint density at radius 2 is 1.67 bits per heavy atom. The van der Waals surface area contributed by atoms with Crippen molar-refractivity contribution in [1.29, 1.82) is 0 Å². The highest BCUT2D eigenvalue weighted by Gasteiger charge is 2.25. The first-order valence-corrected chi connectivity index (χ1v) is 14.2. The highest BCUT2D eigenvalue weighted by Crippen LogP contribution is 2.42. The van der Waals surface area contributed by atoms with Crippen LogP contribution in [0.5, 0.6) is 23.0 Å². The third-order valence-electron chi connectivity index (χ3n) is 7.85. The normalized spacial score (nSPS) is 15.5. The van der Waals surface area contributed by atoms with Gasteiger partial charge in [0.15, 0.2) is 11.5 Å². The number of ether oxygens (including phenoxy) is 3. The molecule has 0 spiro atoms. The van der Waals surface area contributed by atoms with Crippen molar-refractivity contribution in [2.24, 2.45) is 0 Å². The Labute approximate surface area is 233 Å². The van der Waals surface area contributed by atoms with Crippen molar-refractivity contribution in [3.63, 3.8) is 0 Å². The molecule has 2 unspecified atom stereocenters. The Hall–Kier alpha value is -3.38. The minimum Gasteiger partial charge on any atom is -0.508 e. The number of rotatable bonds is 13. The fraction of sp³-hybridized carbons (Fsp3) is 0.455. The number of phenols is 1. The number of anilines is 1. The first kappa shape index (κ1) is 28.6. The summed E-state index contributed by atoms with van der Waals surface area (Å²) in [7, 11) is 3.37. The molecule has 0 saturated heterocycles. The van der Waals surface area contributed by atoms with Crippen molar-refractivity contribution in [3.8, 4) is 23.0 Å². The molecule has 0 saturated carbocycles. The van der Waals surface area contributed by atoms with Gasteiger partial charge in [0.2, 0.25) is 0 Å². The number of nitrogens with one attached hydrogen (secondary N) is 1. The summed E-state index contributed by atoms with van der Waals surface area (Å²) < 4.78 is 17.3. The Bertz CT molecular complexity index is 1210. The Morgan fingerprint density at radius 3 is 2.36 bits per heavy atom. The van der Waals surface area contributed by atoms with Crippen molar-refractivity contribution in [3.05, 3.63) is 76.9 Å². The van der Waals surface area contributed by atoms with E-state index in [0.717, 1.165) is 68.3 Å². The number of nitrogens with zero attached hydrogens (tertiary/aromatic N) is 1. The molecule has 0 radical (unpaired) electrons. The molecule has 0 bridgehead atoms. The Balaban J connectivity index is 1.45. The van der Waals surface area contributed by atoms with Crippen LogP contribution in [0.1, 0.15) is 55.4 Å². The minimum atomic E-state index is 0.212. The highest BCUT2D eigenvalue weighted by atomic mass is 16.5. The molecular formula is C33H44N2O4. The summed E-state index contributed by atoms with van der Waals surface area (Å²) >= 11 is 0. The standard InChI is InChI=1S/C33H44N2O4/c1-6-35(7-2)16-17-39-29-14-8-24(9-15-29)18-23(3)34-31-22-33(38-5)32(37-4)21-30(31)27-11-10-26-20-28(36)13-12-25(26)19-27/h8-9,12-15,20-23,27,34,36H,6-7,10-11,16-19H2,1-5H3. The number of aryl methyl sites for hydroxylation is 1. The zero-order chi connectivity index (χ0) is 27.8. The molecule has 1 aliphatic carbocycles. The van der Waals surface area contributed by atoms with Gasteiger partial charge in [-0.25, -0.2) is 0 Å². The van der Waals surface area contributed by atoms with Gasteiger partial charge in [-0.05, 0) is 104 Å². The maximum Gasteiger partial charge on any atom is 0.162 e. The molecule has 2 atom stereocenters. The molecule has 0 aliphatic heterocycles. The predicted octanol–water partition coefficient (Wildman–Crippen LogP) is 6.45. The van der Waals surface area contributed by atoms with E-state index in [1.165, 1.54) is 22.3 Å². The highest BCUT2D eigenvalue weighted by molar-refractivity contribution is 5.63. The molecule has 4 rings (SSSR count). The average molecular weight is 533 g/mol. The topological polar surface area (TPSA) is 63.2 Å². The maximum atomic E-state index is 9.90. The molecule has 0 amide bonds. The maximum absolute atomic E-state index is 9.90. The first-order valence-electron chi connectivity index (χ1n) is 14.2. The molecule has 210 valence electrons. The summed E-state index contributed by atoms with van der Waals surface area (Å²) in [5.74, 6) is 3.08. The van der Waals surface area contributed by atoms with Gasteiger partial charge in [-0.3, -0.25) is 0 Å². The van der Waals surface area contributed by atoms with Crippen molar-refractivity contribution in [2.75, 3.05) is 45.8 Å². The summed E-state index contributed by atoms with van der Waals surface area (Å²) in [6.45, 7) is 10.3. The van der Waals surface area contributed by atoms with Crippen LogP contribution in [0.2, 0.25) is 0 Å². The lowest BCUT2D eigenvalue weighted by atomic mass is 9.79. The number of benzene rings is 3. The van der Waals surface area contributed by atoms with Crippen molar-refractivity contribution < 1.29 is 19.3 Å². The number of methoxy groups -OCH3 is 2. The molecule has 2 N–H and O–H groups in total. The van der Waals surface area contributed by atoms with E-state index in [0.29, 0.717) is 18.3 Å². The van der Waals surface area contributed by atoms with Gasteiger partial charge < -0.3 is 29.5 Å². The molecule has 0 heterocycles. The molecule has 0 aromatic heterocycles. The van der Waals surface area contributed by atoms with Crippen LogP contribution in [0.4, 0.5) is 5.69 Å². The second-order valence-corrected chi connectivity index (χ2v) is 10.5. The predicted molar refractivity (Wildman–Crippen MR) is 159 cm³/mol. The van der Waals surface area contributed by atoms with Gasteiger partial charge in [-0.2, -0.15) is 0 Å². The minimum absolute atomic E-state index is 0.212. The van der Waals surface area contributed by atoms with Gasteiger partial charge in [-0.15, -0.1) is 0 Å². The third-order valence-corrected chi connectivity index (χ3v) is 7.85. The van der Waals surface area contributed by atoms with E-state index in [2.05, 4.69) is 73.5 Å². The van der Waals surface area contributed by atoms with Gasteiger partial charge in [0.25, 0.3) is 0 Å². The quantitative estimate of drug-likeness (QED) is 0.264. The van der Waals surface area contributed by atoms with Crippen LogP contribution in [0.15, 0.2) is 54.6 Å². The fourth-order valence-corrected chi connectivity index (χ4v) is 5.59. The lowest BCUT2D eigenvalue weighted by molar-refractivity contribution is 0.223. The van der Waals surface area contributed by atoms with Gasteiger partial charge in [0.1, 0.15) is 18.1 Å². The summed E-state index contributed by atoms with van der Waals surface area (Å²) in [6.07, 6.45) is 3.79. The third kappa shape index (κ3) is 7.39. The Kier molecular flexibility index (Phi) is 9.99. The van der Waals surface area contributed by atoms with Crippen LogP contribution in [-0.2, 0) is 19.3 Å². The summed E-state index contributed by atoms with van der Waals surface area (Å²) in [5.41, 5.74) is 6.14. The van der Waals surface area contributed by atoms with Crippen LogP contribution in [0, 0.1) is 0 Å². The molecule has 3 aromatic rings. The zero-order valence-electron chi connectivity index (χ0n) is 24.1. The van der Waals surface area contributed by atoms with E-state index < -0.39 is 0 Å². The number of fused-ring (bicyclic) bond motifs is 1. The van der Waals surface area contributed by atoms with E-state index in [9.17, 15) is 5.11 Å². The molecule has 6 nitrogen and oxygen atoms in total. The molecular weight excluding hydrogens is 488 g/mol. The first-order chi connectivity index (χ1) is 18.9. The number of hydrogen-bond acceptors (Lipinski definition) is 6. The zero-order valence-corrected chi connectivity index (χ0v) is 24.1. The van der Waals surface area contributed by atoms with E-state index in [1.54, 1.807) is 20.3 Å². The average Bonchev–Trinajstić information content (AvgIpc) is 2.95. The van der Waals surface area contributed by atoms with Crippen LogP contribution < -0.4 is 19.5 Å². The van der Waals surface area contributed by atoms with Crippen LogP contribution in [0.3, 0.4) is 0 Å². The summed E-state index contributed by atoms with van der Waals surface area (Å²) in [6, 6.07) is 18.6. The van der Waals surface area contributed by atoms with Gasteiger partial charge in [0.05, 0.1) is 14.2 Å². The van der Waals surface area contributed by atoms with Crippen LogP contribution in [-0.4, -0.2) is 56.5 Å². The number of hydrogen-bond donors (Lipinski definition) is 2. The molecule has 39 heavy (non-hydrogen) atoms. The van der Waals surface area contributed by atoms with E-state index in [4.69, 9.17) is 14.2 Å². The van der Waals surface area contributed by atoms with Crippen molar-refractivity contribution in [2.45, 2.75) is 58.4 Å². The lowest BCUT2D eigenvalue weighted by Crippen LogP contribution is -2.27. The molecule has 3 aromatic carbocycles. The number of phenolic OH excluding ortho intramolecular Hbond substituents is 1. The van der Waals surface area contributed by atoms with E-state index in [1.807, 2.05) is 6.07 Å². The van der Waals surface area contributed by atoms with Crippen molar-refractivity contribution in [1.82, 2.24) is 4.90 Å².